The molecule has 33 nitrogen and oxygen atoms in total. The predicted octanol–water partition coefficient (Wildman–Crippen LogP) is -3.61. The number of amides is 10. The molecule has 0 aromatic rings. The Balaban J connectivity index is 3.53. The van der Waals surface area contributed by atoms with Crippen LogP contribution in [0.1, 0.15) is 121 Å². The van der Waals surface area contributed by atoms with Crippen molar-refractivity contribution in [2.75, 3.05) is 19.6 Å². The highest BCUT2D eigenvalue weighted by atomic mass is 16.4. The summed E-state index contributed by atoms with van der Waals surface area (Å²) < 4.78 is 0. The molecule has 5 unspecified atom stereocenters. The van der Waals surface area contributed by atoms with E-state index in [9.17, 15) is 103 Å². The number of carbonyl (C=O) groups is 15. The third-order valence-corrected chi connectivity index (χ3v) is 14.9. The van der Waals surface area contributed by atoms with Crippen LogP contribution >= 0.6 is 0 Å². The summed E-state index contributed by atoms with van der Waals surface area (Å²) in [6.45, 7) is 14.1. The summed E-state index contributed by atoms with van der Waals surface area (Å²) in [5.41, 5.74) is 11.3. The highest BCUT2D eigenvalue weighted by Crippen LogP contribution is 2.26. The van der Waals surface area contributed by atoms with Gasteiger partial charge < -0.3 is 94.9 Å². The van der Waals surface area contributed by atoms with Gasteiger partial charge in [0.2, 0.25) is 59.1 Å². The van der Waals surface area contributed by atoms with E-state index < -0.39 is 198 Å². The van der Waals surface area contributed by atoms with Gasteiger partial charge in [-0.15, -0.1) is 0 Å². The van der Waals surface area contributed by atoms with Gasteiger partial charge in [-0.25, -0.2) is 9.59 Å². The van der Waals surface area contributed by atoms with Crippen molar-refractivity contribution in [1.82, 2.24) is 52.8 Å². The number of hydrogen-bond acceptors (Lipinski definition) is 18. The lowest BCUT2D eigenvalue weighted by molar-refractivity contribution is -0.152. The van der Waals surface area contributed by atoms with Crippen LogP contribution in [0.4, 0.5) is 0 Å². The molecule has 1 aliphatic rings. The summed E-state index contributed by atoms with van der Waals surface area (Å²) in [6.07, 6.45) is 5.37. The Hall–Kier alpha value is -8.59. The molecule has 0 aromatic carbocycles. The van der Waals surface area contributed by atoms with Crippen LogP contribution in [-0.2, 0) is 71.9 Å². The standard InChI is InChI=1S/C57H92N12O21/c1-11-28(6)18-14-12-13-15-20-36(70)63-41(30(8)54(83)84)50(79)67-43(51(80)66-40(27(4)5)56(87)88)32(10)61-48(77)35-22-29(7)25-69(35)53(82)39(26(2)3)65-49(78)42(31(9)55(85)86)64-37(71)24-60-47(76)34(23-38(72)73)62-52(81)44(45(74)57(89)90)68-46(75)33(59)19-16-17-21-58/h12-13,15,20,26-35,39-45,74H,11,14,16-19,21-25,58-59H2,1-10H3,(H,60,76)(H,61,77)(H,62,81)(H,63,70)(H,64,71)(H,65,78)(H,66,80)(H,67,79)(H,68,75)(H,72,73)(H,83,84)(H,85,86)(H,87,88)(H,89,90)/b13-12-,20-15+/t28?,29-,30?,31?,32?,33+,34+,35+,39+,40-,41+,42-,43+,44+,45?/m1/s1. The van der Waals surface area contributed by atoms with Crippen molar-refractivity contribution in [3.8, 4) is 0 Å². The molecule has 1 heterocycles. The summed E-state index contributed by atoms with van der Waals surface area (Å²) >= 11 is 0. The van der Waals surface area contributed by atoms with Crippen molar-refractivity contribution in [2.45, 2.75) is 187 Å². The van der Waals surface area contributed by atoms with Crippen LogP contribution in [0.25, 0.3) is 0 Å². The number of likely N-dealkylation sites (tertiary alicyclic amines) is 1. The largest absolute Gasteiger partial charge is 0.481 e. The van der Waals surface area contributed by atoms with Gasteiger partial charge in [-0.2, -0.15) is 0 Å². The smallest absolute Gasteiger partial charge is 0.335 e. The fourth-order valence-corrected chi connectivity index (χ4v) is 9.01. The Labute approximate surface area is 520 Å². The van der Waals surface area contributed by atoms with Crippen LogP contribution in [0.2, 0.25) is 0 Å². The topological polar surface area (TPSA) is 541 Å². The maximum Gasteiger partial charge on any atom is 0.335 e. The number of rotatable bonds is 40. The van der Waals surface area contributed by atoms with E-state index in [4.69, 9.17) is 11.5 Å². The number of aliphatic carboxylic acids is 5. The molecule has 1 fully saturated rings. The summed E-state index contributed by atoms with van der Waals surface area (Å²) in [7, 11) is 0. The van der Waals surface area contributed by atoms with E-state index in [0.717, 1.165) is 37.7 Å². The van der Waals surface area contributed by atoms with E-state index in [0.29, 0.717) is 25.2 Å². The van der Waals surface area contributed by atoms with E-state index in [2.05, 4.69) is 45.7 Å². The summed E-state index contributed by atoms with van der Waals surface area (Å²) in [5.74, 6) is -25.0. The second-order valence-corrected chi connectivity index (χ2v) is 23.1. The van der Waals surface area contributed by atoms with Crippen molar-refractivity contribution >= 4 is 88.9 Å². The number of allylic oxidation sites excluding steroid dienone is 3. The third-order valence-electron chi connectivity index (χ3n) is 14.9. The first-order valence-corrected chi connectivity index (χ1v) is 29.5. The number of unbranched alkanes of at least 4 members (excludes halogenated alkanes) is 1. The van der Waals surface area contributed by atoms with E-state index in [1.165, 1.54) is 40.7 Å². The normalized spacial score (nSPS) is 18.3. The van der Waals surface area contributed by atoms with Gasteiger partial charge in [0.25, 0.3) is 0 Å². The predicted molar refractivity (Wildman–Crippen MR) is 318 cm³/mol. The Morgan fingerprint density at radius 3 is 1.61 bits per heavy atom. The van der Waals surface area contributed by atoms with E-state index in [-0.39, 0.29) is 25.9 Å². The zero-order valence-electron chi connectivity index (χ0n) is 52.3. The van der Waals surface area contributed by atoms with Gasteiger partial charge in [0.15, 0.2) is 6.10 Å². The lowest BCUT2D eigenvalue weighted by atomic mass is 9.97. The molecule has 19 N–H and O–H groups in total. The molecule has 90 heavy (non-hydrogen) atoms. The van der Waals surface area contributed by atoms with Crippen LogP contribution in [-0.4, -0.2) is 211 Å². The highest BCUT2D eigenvalue weighted by Gasteiger charge is 2.45. The Morgan fingerprint density at radius 2 is 1.10 bits per heavy atom. The second-order valence-electron chi connectivity index (χ2n) is 23.1. The average molecular weight is 1280 g/mol. The molecule has 0 radical (unpaired) electrons. The van der Waals surface area contributed by atoms with Crippen molar-refractivity contribution in [3.63, 3.8) is 0 Å². The fourth-order valence-electron chi connectivity index (χ4n) is 9.01. The summed E-state index contributed by atoms with van der Waals surface area (Å²) in [6, 6.07) is -17.5. The molecule has 0 aliphatic carbocycles. The zero-order chi connectivity index (χ0) is 69.0. The maximum absolute atomic E-state index is 14.6. The van der Waals surface area contributed by atoms with Gasteiger partial charge in [0, 0.05) is 12.6 Å². The maximum atomic E-state index is 14.6. The molecule has 0 saturated carbocycles. The van der Waals surface area contributed by atoms with Gasteiger partial charge in [0.1, 0.15) is 48.3 Å². The lowest BCUT2D eigenvalue weighted by Gasteiger charge is -2.33. The number of nitrogens with two attached hydrogens (primary N) is 2. The summed E-state index contributed by atoms with van der Waals surface area (Å²) in [5, 5.41) is 79.1. The second kappa shape index (κ2) is 38.7. The number of carbonyl (C=O) groups excluding carboxylic acids is 10. The Bertz CT molecular complexity index is 2630. The quantitative estimate of drug-likeness (QED) is 0.0160. The first-order chi connectivity index (χ1) is 41.9. The molecule has 0 spiro atoms. The SMILES string of the molecule is CCC(C)CC/C=C\C=C\C(=O)N[C@H](C(=O)N[C@H](C(=O)N[C@@H](C(=O)O)C(C)C)C(C)NC(=O)[C@@H]1C[C@@H](C)CN1C(=O)[C@@H](NC(=O)[C@H](NC(=O)CNC(=O)[C@H](CC(=O)O)NC(=O)[C@@H](NC(=O)[C@@H](N)CCCCN)C(O)C(=O)O)C(C)C(=O)O)C(C)C)C(C)C(=O)O. The van der Waals surface area contributed by atoms with Gasteiger partial charge in [0.05, 0.1) is 36.9 Å². The zero-order valence-corrected chi connectivity index (χ0v) is 52.3. The van der Waals surface area contributed by atoms with E-state index in [1.807, 2.05) is 22.0 Å². The molecule has 0 bridgehead atoms. The molecule has 1 aliphatic heterocycles. The van der Waals surface area contributed by atoms with E-state index >= 15 is 0 Å². The Kier molecular flexibility index (Phi) is 34.2. The monoisotopic (exact) mass is 1280 g/mol. The minimum atomic E-state index is -2.65. The van der Waals surface area contributed by atoms with Gasteiger partial charge in [-0.3, -0.25) is 62.3 Å². The molecule has 10 amide bonds. The molecule has 33 heteroatoms. The summed E-state index contributed by atoms with van der Waals surface area (Å²) in [4.78, 5) is 198. The number of nitrogens with zero attached hydrogens (tertiary/aromatic N) is 1. The van der Waals surface area contributed by atoms with E-state index in [1.54, 1.807) is 13.0 Å². The number of hydrogen-bond donors (Lipinski definition) is 17. The molecule has 0 aromatic heterocycles. The molecule has 1 saturated heterocycles. The minimum absolute atomic E-state index is 0.0246. The van der Waals surface area contributed by atoms with Crippen LogP contribution in [0.3, 0.4) is 0 Å². The first-order valence-electron chi connectivity index (χ1n) is 29.5. The molecule has 506 valence electrons. The van der Waals surface area contributed by atoms with Crippen LogP contribution in [0.15, 0.2) is 24.3 Å². The van der Waals surface area contributed by atoms with Gasteiger partial charge in [-0.05, 0) is 83.1 Å². The molecule has 1 rings (SSSR count). The number of aliphatic hydroxyl groups excluding tert-OH is 1. The molecule has 15 atom stereocenters. The minimum Gasteiger partial charge on any atom is -0.481 e. The molecular weight excluding hydrogens is 1190 g/mol. The van der Waals surface area contributed by atoms with Crippen molar-refractivity contribution < 1.29 is 103 Å². The lowest BCUT2D eigenvalue weighted by Crippen LogP contribution is -2.64. The Morgan fingerprint density at radius 1 is 0.578 bits per heavy atom. The van der Waals surface area contributed by atoms with Crippen LogP contribution < -0.4 is 59.3 Å². The van der Waals surface area contributed by atoms with Gasteiger partial charge in [-0.1, -0.05) is 79.5 Å². The number of aliphatic hydroxyl groups is 1. The first kappa shape index (κ1) is 79.4. The van der Waals surface area contributed by atoms with Gasteiger partial charge >= 0.3 is 29.8 Å². The van der Waals surface area contributed by atoms with Crippen molar-refractivity contribution in [3.05, 3.63) is 24.3 Å². The number of carboxylic acid groups (broad SMARTS) is 5. The fraction of sp³-hybridized carbons (Fsp3) is 0.667. The van der Waals surface area contributed by atoms with Crippen molar-refractivity contribution in [1.29, 1.82) is 0 Å². The average Bonchev–Trinajstić information content (AvgIpc) is 1.61. The number of carboxylic acids is 5. The van der Waals surface area contributed by atoms with Crippen molar-refractivity contribution in [2.24, 2.45) is 47.0 Å². The van der Waals surface area contributed by atoms with Crippen LogP contribution in [0, 0.1) is 35.5 Å². The number of nitrogens with one attached hydrogen (secondary N) is 9. The molecular formula is C57H92N12O21. The highest BCUT2D eigenvalue weighted by molar-refractivity contribution is 6.01. The van der Waals surface area contributed by atoms with Crippen LogP contribution in [0.5, 0.6) is 0 Å². The third kappa shape index (κ3) is 26.2.